The van der Waals surface area contributed by atoms with Gasteiger partial charge in [-0.1, -0.05) is 6.92 Å². The van der Waals surface area contributed by atoms with Crippen LogP contribution in [-0.4, -0.2) is 55.2 Å². The zero-order valence-electron chi connectivity index (χ0n) is 11.6. The van der Waals surface area contributed by atoms with Gasteiger partial charge in [0.05, 0.1) is 6.61 Å². The Kier molecular flexibility index (Phi) is 5.75. The van der Waals surface area contributed by atoms with Crippen molar-refractivity contribution in [2.75, 3.05) is 33.4 Å². The van der Waals surface area contributed by atoms with E-state index in [2.05, 4.69) is 20.8 Å². The summed E-state index contributed by atoms with van der Waals surface area (Å²) in [4.78, 5) is 16.3. The smallest absolute Gasteiger partial charge is 0.320 e. The Morgan fingerprint density at radius 2 is 2.24 bits per heavy atom. The molecule has 0 N–H and O–H groups in total. The number of rotatable bonds is 4. The van der Waals surface area contributed by atoms with Crippen molar-refractivity contribution in [2.24, 2.45) is 5.92 Å². The molecule has 0 spiro atoms. The number of hydrogen-bond acceptors (Lipinski definition) is 2. The zero-order chi connectivity index (χ0) is 12.8. The monoisotopic (exact) mass is 242 g/mol. The summed E-state index contributed by atoms with van der Waals surface area (Å²) in [6.07, 6.45) is 2.37. The Hall–Kier alpha value is -0.770. The van der Waals surface area contributed by atoms with Crippen LogP contribution in [0.3, 0.4) is 0 Å². The summed E-state index contributed by atoms with van der Waals surface area (Å²) >= 11 is 0. The number of ether oxygens (including phenoxy) is 1. The predicted molar refractivity (Wildman–Crippen MR) is 69.1 cm³/mol. The highest BCUT2D eigenvalue weighted by atomic mass is 16.5. The maximum atomic E-state index is 12.4. The van der Waals surface area contributed by atoms with E-state index in [1.807, 2.05) is 9.80 Å². The van der Waals surface area contributed by atoms with E-state index < -0.39 is 0 Å². The van der Waals surface area contributed by atoms with Gasteiger partial charge >= 0.3 is 6.03 Å². The lowest BCUT2D eigenvalue weighted by Gasteiger charge is -2.37. The van der Waals surface area contributed by atoms with Crippen molar-refractivity contribution in [1.29, 1.82) is 0 Å². The molecule has 0 aromatic carbocycles. The molecule has 0 aromatic rings. The predicted octanol–water partition coefficient (Wildman–Crippen LogP) is 2.20. The molecular formula is C13H26N2O2. The molecule has 0 saturated carbocycles. The molecule has 1 rings (SSSR count). The van der Waals surface area contributed by atoms with E-state index >= 15 is 0 Å². The van der Waals surface area contributed by atoms with E-state index in [0.29, 0.717) is 19.1 Å². The number of methoxy groups -OCH3 is 1. The molecule has 1 saturated heterocycles. The van der Waals surface area contributed by atoms with Gasteiger partial charge in [0.15, 0.2) is 0 Å². The van der Waals surface area contributed by atoms with Gasteiger partial charge < -0.3 is 14.5 Å². The lowest BCUT2D eigenvalue weighted by Crippen LogP contribution is -2.50. The van der Waals surface area contributed by atoms with E-state index in [1.54, 1.807) is 7.11 Å². The minimum absolute atomic E-state index is 0.170. The number of piperidine rings is 1. The zero-order valence-corrected chi connectivity index (χ0v) is 11.6. The minimum Gasteiger partial charge on any atom is -0.383 e. The van der Waals surface area contributed by atoms with Crippen LogP contribution in [0, 0.1) is 5.92 Å². The highest BCUT2D eigenvalue weighted by molar-refractivity contribution is 5.74. The van der Waals surface area contributed by atoms with Crippen LogP contribution in [0.4, 0.5) is 4.79 Å². The lowest BCUT2D eigenvalue weighted by molar-refractivity contribution is 0.0998. The summed E-state index contributed by atoms with van der Waals surface area (Å²) in [5.74, 6) is 0.629. The van der Waals surface area contributed by atoms with Gasteiger partial charge in [-0.05, 0) is 32.6 Å². The van der Waals surface area contributed by atoms with E-state index in [0.717, 1.165) is 19.5 Å². The van der Waals surface area contributed by atoms with Crippen molar-refractivity contribution in [1.82, 2.24) is 9.80 Å². The van der Waals surface area contributed by atoms with Gasteiger partial charge in [-0.2, -0.15) is 0 Å². The van der Waals surface area contributed by atoms with Crippen molar-refractivity contribution in [3.05, 3.63) is 0 Å². The second kappa shape index (κ2) is 6.84. The number of urea groups is 1. The molecule has 1 fully saturated rings. The highest BCUT2D eigenvalue weighted by Gasteiger charge is 2.26. The molecule has 0 aromatic heterocycles. The van der Waals surface area contributed by atoms with Gasteiger partial charge in [0.2, 0.25) is 0 Å². The standard InChI is InChI=1S/C13H26N2O2/c1-11(2)15(8-9-17-4)13(16)14-7-5-6-12(3)10-14/h11-12H,5-10H2,1-4H3. The molecule has 4 nitrogen and oxygen atoms in total. The van der Waals surface area contributed by atoms with Crippen LogP contribution in [0.2, 0.25) is 0 Å². The first-order valence-electron chi connectivity index (χ1n) is 6.60. The van der Waals surface area contributed by atoms with Gasteiger partial charge in [0.1, 0.15) is 0 Å². The van der Waals surface area contributed by atoms with Gasteiger partial charge in [-0.3, -0.25) is 0 Å². The third kappa shape index (κ3) is 4.19. The van der Waals surface area contributed by atoms with Crippen LogP contribution < -0.4 is 0 Å². The van der Waals surface area contributed by atoms with Crippen LogP contribution in [0.5, 0.6) is 0 Å². The number of carbonyl (C=O) groups is 1. The van der Waals surface area contributed by atoms with E-state index in [-0.39, 0.29) is 12.1 Å². The van der Waals surface area contributed by atoms with Crippen LogP contribution in [0.25, 0.3) is 0 Å². The number of amides is 2. The summed E-state index contributed by atoms with van der Waals surface area (Å²) in [6.45, 7) is 9.41. The normalized spacial score (nSPS) is 20.8. The molecule has 1 atom stereocenters. The highest BCUT2D eigenvalue weighted by Crippen LogP contribution is 2.17. The minimum atomic E-state index is 0.170. The van der Waals surface area contributed by atoms with E-state index in [4.69, 9.17) is 4.74 Å². The average molecular weight is 242 g/mol. The summed E-state index contributed by atoms with van der Waals surface area (Å²) in [6, 6.07) is 0.401. The number of likely N-dealkylation sites (tertiary alicyclic amines) is 1. The quantitative estimate of drug-likeness (QED) is 0.757. The Labute approximate surface area is 105 Å². The summed E-state index contributed by atoms with van der Waals surface area (Å²) in [7, 11) is 1.67. The number of carbonyl (C=O) groups excluding carboxylic acids is 1. The first-order chi connectivity index (χ1) is 8.06. The van der Waals surface area contributed by atoms with Crippen molar-refractivity contribution in [3.63, 3.8) is 0 Å². The molecular weight excluding hydrogens is 216 g/mol. The van der Waals surface area contributed by atoms with Crippen LogP contribution >= 0.6 is 0 Å². The van der Waals surface area contributed by atoms with Crippen molar-refractivity contribution >= 4 is 6.03 Å². The molecule has 4 heteroatoms. The molecule has 0 radical (unpaired) electrons. The number of nitrogens with zero attached hydrogens (tertiary/aromatic N) is 2. The molecule has 17 heavy (non-hydrogen) atoms. The molecule has 1 heterocycles. The molecule has 1 unspecified atom stereocenters. The summed E-state index contributed by atoms with van der Waals surface area (Å²) in [5, 5.41) is 0. The van der Waals surface area contributed by atoms with E-state index in [9.17, 15) is 4.79 Å². The van der Waals surface area contributed by atoms with Crippen LogP contribution in [-0.2, 0) is 4.74 Å². The molecule has 2 amide bonds. The Bertz CT molecular complexity index is 244. The maximum Gasteiger partial charge on any atom is 0.320 e. The lowest BCUT2D eigenvalue weighted by atomic mass is 10.0. The Morgan fingerprint density at radius 3 is 2.76 bits per heavy atom. The molecule has 0 aliphatic carbocycles. The van der Waals surface area contributed by atoms with Crippen molar-refractivity contribution in [3.8, 4) is 0 Å². The first kappa shape index (κ1) is 14.3. The van der Waals surface area contributed by atoms with Gasteiger partial charge in [-0.25, -0.2) is 4.79 Å². The largest absolute Gasteiger partial charge is 0.383 e. The third-order valence-corrected chi connectivity index (χ3v) is 3.33. The Morgan fingerprint density at radius 1 is 1.53 bits per heavy atom. The van der Waals surface area contributed by atoms with Gasteiger partial charge in [0.25, 0.3) is 0 Å². The van der Waals surface area contributed by atoms with Gasteiger partial charge in [0, 0.05) is 32.8 Å². The van der Waals surface area contributed by atoms with Crippen LogP contribution in [0.1, 0.15) is 33.6 Å². The van der Waals surface area contributed by atoms with Crippen LogP contribution in [0.15, 0.2) is 0 Å². The van der Waals surface area contributed by atoms with E-state index in [1.165, 1.54) is 6.42 Å². The Balaban J connectivity index is 2.56. The molecule has 1 aliphatic heterocycles. The van der Waals surface area contributed by atoms with Crippen molar-refractivity contribution in [2.45, 2.75) is 39.7 Å². The summed E-state index contributed by atoms with van der Waals surface area (Å²) < 4.78 is 5.07. The fourth-order valence-electron chi connectivity index (χ4n) is 2.31. The van der Waals surface area contributed by atoms with Crippen molar-refractivity contribution < 1.29 is 9.53 Å². The fraction of sp³-hybridized carbons (Fsp3) is 0.923. The SMILES string of the molecule is COCCN(C(=O)N1CCCC(C)C1)C(C)C. The maximum absolute atomic E-state index is 12.4. The fourth-order valence-corrected chi connectivity index (χ4v) is 2.31. The summed E-state index contributed by atoms with van der Waals surface area (Å²) in [5.41, 5.74) is 0. The first-order valence-corrected chi connectivity index (χ1v) is 6.60. The third-order valence-electron chi connectivity index (χ3n) is 3.33. The number of hydrogen-bond donors (Lipinski definition) is 0. The molecule has 100 valence electrons. The average Bonchev–Trinajstić information content (AvgIpc) is 2.29. The molecule has 0 bridgehead atoms. The second-order valence-electron chi connectivity index (χ2n) is 5.26. The topological polar surface area (TPSA) is 32.8 Å². The second-order valence-corrected chi connectivity index (χ2v) is 5.26. The van der Waals surface area contributed by atoms with Gasteiger partial charge in [-0.15, -0.1) is 0 Å². The molecule has 1 aliphatic rings.